The number of benzene rings is 1. The molecule has 1 aromatic carbocycles. The van der Waals surface area contributed by atoms with Gasteiger partial charge in [0.15, 0.2) is 0 Å². The van der Waals surface area contributed by atoms with E-state index in [2.05, 4.69) is 0 Å². The first-order valence-electron chi connectivity index (χ1n) is 4.84. The first kappa shape index (κ1) is 13.7. The van der Waals surface area contributed by atoms with E-state index in [0.717, 1.165) is 19.0 Å². The minimum atomic E-state index is -0.0689. The van der Waals surface area contributed by atoms with Crippen LogP contribution in [0.25, 0.3) is 0 Å². The summed E-state index contributed by atoms with van der Waals surface area (Å²) in [6, 6.07) is 6.78. The van der Waals surface area contributed by atoms with Crippen molar-refractivity contribution in [3.8, 4) is 5.75 Å². The molecule has 0 aliphatic heterocycles. The average Bonchev–Trinajstić information content (AvgIpc) is 2.24. The molecule has 0 fully saturated rings. The van der Waals surface area contributed by atoms with Crippen molar-refractivity contribution in [3.63, 3.8) is 0 Å². The van der Waals surface area contributed by atoms with E-state index in [4.69, 9.17) is 10.2 Å². The molecule has 0 saturated carbocycles. The van der Waals surface area contributed by atoms with E-state index in [-0.39, 0.29) is 11.7 Å². The van der Waals surface area contributed by atoms with E-state index >= 15 is 0 Å². The summed E-state index contributed by atoms with van der Waals surface area (Å²) in [5.74, 6) is 0.458. The molecule has 1 rings (SSSR count). The Hall–Kier alpha value is -1.35. The summed E-state index contributed by atoms with van der Waals surface area (Å²) in [6.45, 7) is 4.01. The fraction of sp³-hybridized carbons (Fsp3) is 0.417. The molecule has 0 aliphatic rings. The van der Waals surface area contributed by atoms with Crippen LogP contribution in [0.3, 0.4) is 0 Å². The molecular formula is C12H18O3. The van der Waals surface area contributed by atoms with Gasteiger partial charge in [0.05, 0.1) is 0 Å². The Bertz CT molecular complexity index is 277. The van der Waals surface area contributed by atoms with E-state index in [1.165, 1.54) is 0 Å². The predicted octanol–water partition coefficient (Wildman–Crippen LogP) is 1.94. The molecule has 1 unspecified atom stereocenters. The van der Waals surface area contributed by atoms with Gasteiger partial charge in [-0.2, -0.15) is 0 Å². The maximum atomic E-state index is 10.8. The lowest BCUT2D eigenvalue weighted by Gasteiger charge is -2.14. The Morgan fingerprint density at radius 2 is 1.60 bits per heavy atom. The van der Waals surface area contributed by atoms with Crippen molar-refractivity contribution in [2.24, 2.45) is 5.92 Å². The van der Waals surface area contributed by atoms with Crippen LogP contribution in [-0.4, -0.2) is 23.6 Å². The van der Waals surface area contributed by atoms with Crippen LogP contribution in [-0.2, 0) is 4.79 Å². The Morgan fingerprint density at radius 1 is 1.13 bits per heavy atom. The largest absolute Gasteiger partial charge is 0.508 e. The van der Waals surface area contributed by atoms with Crippen LogP contribution in [0.1, 0.15) is 25.3 Å². The van der Waals surface area contributed by atoms with Crippen LogP contribution in [0, 0.1) is 5.92 Å². The van der Waals surface area contributed by atoms with Crippen molar-refractivity contribution in [1.29, 1.82) is 0 Å². The summed E-state index contributed by atoms with van der Waals surface area (Å²) in [5, 5.41) is 16.1. The molecule has 0 heterocycles. The van der Waals surface area contributed by atoms with E-state index < -0.39 is 0 Å². The fourth-order valence-corrected chi connectivity index (χ4v) is 1.32. The summed E-state index contributed by atoms with van der Waals surface area (Å²) in [6.07, 6.45) is 0.955. The number of aliphatic hydroxyl groups excluding tert-OH is 1. The summed E-state index contributed by atoms with van der Waals surface area (Å²) in [7, 11) is 1.00. The number of hydrogen-bond acceptors (Lipinski definition) is 3. The third-order valence-electron chi connectivity index (χ3n) is 2.14. The highest BCUT2D eigenvalue weighted by molar-refractivity contribution is 5.62. The number of aliphatic hydroxyl groups is 1. The van der Waals surface area contributed by atoms with Gasteiger partial charge in [-0.05, 0) is 23.6 Å². The minimum absolute atomic E-state index is 0.0689. The van der Waals surface area contributed by atoms with Crippen molar-refractivity contribution >= 4 is 6.29 Å². The topological polar surface area (TPSA) is 57.5 Å². The smallest absolute Gasteiger partial charge is 0.127 e. The molecule has 0 aliphatic carbocycles. The third kappa shape index (κ3) is 4.13. The molecule has 15 heavy (non-hydrogen) atoms. The summed E-state index contributed by atoms with van der Waals surface area (Å²) in [5.41, 5.74) is 0.961. The Morgan fingerprint density at radius 3 is 1.93 bits per heavy atom. The Labute approximate surface area is 90.4 Å². The molecular weight excluding hydrogens is 192 g/mol. The van der Waals surface area contributed by atoms with E-state index in [9.17, 15) is 4.79 Å². The van der Waals surface area contributed by atoms with Gasteiger partial charge in [0, 0.05) is 13.0 Å². The van der Waals surface area contributed by atoms with Gasteiger partial charge in [0.1, 0.15) is 12.0 Å². The molecule has 0 bridgehead atoms. The molecule has 2 N–H and O–H groups in total. The summed E-state index contributed by atoms with van der Waals surface area (Å²) in [4.78, 5) is 10.8. The molecule has 0 saturated heterocycles. The first-order chi connectivity index (χ1) is 7.15. The second-order valence-electron chi connectivity index (χ2n) is 3.50. The monoisotopic (exact) mass is 210 g/mol. The number of phenolic OH excluding ortho intramolecular Hbond substituents is 1. The molecule has 3 heteroatoms. The van der Waals surface area contributed by atoms with E-state index in [1.54, 1.807) is 24.3 Å². The normalized spacial score (nSPS) is 11.5. The van der Waals surface area contributed by atoms with Crippen LogP contribution in [0.2, 0.25) is 0 Å². The highest BCUT2D eigenvalue weighted by Crippen LogP contribution is 2.23. The van der Waals surface area contributed by atoms with Crippen LogP contribution in [0.15, 0.2) is 24.3 Å². The second kappa shape index (κ2) is 7.01. The maximum Gasteiger partial charge on any atom is 0.127 e. The predicted molar refractivity (Wildman–Crippen MR) is 59.9 cm³/mol. The van der Waals surface area contributed by atoms with Crippen molar-refractivity contribution in [2.75, 3.05) is 7.11 Å². The lowest BCUT2D eigenvalue weighted by atomic mass is 9.90. The van der Waals surface area contributed by atoms with Crippen LogP contribution in [0.4, 0.5) is 0 Å². The SMILES string of the molecule is CC(C)C(C=O)c1ccc(O)cc1.CO. The number of aromatic hydroxyl groups is 1. The van der Waals surface area contributed by atoms with Gasteiger partial charge in [-0.25, -0.2) is 0 Å². The van der Waals surface area contributed by atoms with Crippen molar-refractivity contribution in [3.05, 3.63) is 29.8 Å². The standard InChI is InChI=1S/C11H14O2.CH4O/c1-8(2)11(7-12)9-3-5-10(13)6-4-9;1-2/h3-8,11,13H,1-2H3;2H,1H3. The van der Waals surface area contributed by atoms with Gasteiger partial charge in [0.2, 0.25) is 0 Å². The summed E-state index contributed by atoms with van der Waals surface area (Å²) >= 11 is 0. The van der Waals surface area contributed by atoms with Crippen molar-refractivity contribution in [1.82, 2.24) is 0 Å². The average molecular weight is 210 g/mol. The zero-order valence-electron chi connectivity index (χ0n) is 9.34. The lowest BCUT2D eigenvalue weighted by Crippen LogP contribution is -2.07. The molecule has 1 aromatic rings. The van der Waals surface area contributed by atoms with Crippen molar-refractivity contribution < 1.29 is 15.0 Å². The number of phenols is 1. The summed E-state index contributed by atoms with van der Waals surface area (Å²) < 4.78 is 0. The number of rotatable bonds is 3. The Balaban J connectivity index is 0.000000921. The molecule has 0 amide bonds. The van der Waals surface area contributed by atoms with Crippen LogP contribution < -0.4 is 0 Å². The molecule has 0 radical (unpaired) electrons. The highest BCUT2D eigenvalue weighted by atomic mass is 16.3. The highest BCUT2D eigenvalue weighted by Gasteiger charge is 2.13. The van der Waals surface area contributed by atoms with E-state index in [1.807, 2.05) is 13.8 Å². The molecule has 84 valence electrons. The van der Waals surface area contributed by atoms with Gasteiger partial charge in [-0.15, -0.1) is 0 Å². The van der Waals surface area contributed by atoms with Gasteiger partial charge >= 0.3 is 0 Å². The van der Waals surface area contributed by atoms with Gasteiger partial charge in [0.25, 0.3) is 0 Å². The Kier molecular flexibility index (Phi) is 6.38. The minimum Gasteiger partial charge on any atom is -0.508 e. The zero-order valence-corrected chi connectivity index (χ0v) is 9.34. The fourth-order valence-electron chi connectivity index (χ4n) is 1.32. The van der Waals surface area contributed by atoms with Crippen LogP contribution >= 0.6 is 0 Å². The third-order valence-corrected chi connectivity index (χ3v) is 2.14. The maximum absolute atomic E-state index is 10.8. The quantitative estimate of drug-likeness (QED) is 0.749. The molecule has 1 atom stereocenters. The van der Waals surface area contributed by atoms with Gasteiger partial charge in [-0.3, -0.25) is 0 Å². The lowest BCUT2D eigenvalue weighted by molar-refractivity contribution is -0.109. The number of carbonyl (C=O) groups is 1. The van der Waals surface area contributed by atoms with Crippen LogP contribution in [0.5, 0.6) is 5.75 Å². The first-order valence-corrected chi connectivity index (χ1v) is 4.84. The molecule has 3 nitrogen and oxygen atoms in total. The molecule has 0 aromatic heterocycles. The number of aldehydes is 1. The second-order valence-corrected chi connectivity index (χ2v) is 3.50. The zero-order chi connectivity index (χ0) is 11.8. The van der Waals surface area contributed by atoms with Gasteiger partial charge in [-0.1, -0.05) is 26.0 Å². The van der Waals surface area contributed by atoms with Gasteiger partial charge < -0.3 is 15.0 Å². The van der Waals surface area contributed by atoms with E-state index in [0.29, 0.717) is 5.92 Å². The number of hydrogen-bond donors (Lipinski definition) is 2. The number of carbonyl (C=O) groups excluding carboxylic acids is 1. The van der Waals surface area contributed by atoms with Crippen molar-refractivity contribution in [2.45, 2.75) is 19.8 Å². The molecule has 0 spiro atoms.